The van der Waals surface area contributed by atoms with Gasteiger partial charge in [-0.25, -0.2) is 0 Å². The van der Waals surface area contributed by atoms with E-state index in [0.717, 1.165) is 16.9 Å². The quantitative estimate of drug-likeness (QED) is 0.728. The van der Waals surface area contributed by atoms with Crippen molar-refractivity contribution in [2.24, 2.45) is 0 Å². The highest BCUT2D eigenvalue weighted by atomic mass is 35.5. The summed E-state index contributed by atoms with van der Waals surface area (Å²) in [7, 11) is 0. The normalized spacial score (nSPS) is 10.2. The Morgan fingerprint density at radius 2 is 1.71 bits per heavy atom. The molecule has 108 valence electrons. The van der Waals surface area contributed by atoms with Gasteiger partial charge in [-0.3, -0.25) is 9.98 Å². The molecule has 1 aromatic heterocycles. The fourth-order valence-corrected chi connectivity index (χ4v) is 3.29. The van der Waals surface area contributed by atoms with Crippen LogP contribution in [0.15, 0.2) is 53.9 Å². The lowest BCUT2D eigenvalue weighted by Crippen LogP contribution is -3.00. The van der Waals surface area contributed by atoms with Crippen molar-refractivity contribution in [1.82, 2.24) is 4.57 Å². The molecule has 0 atom stereocenters. The van der Waals surface area contributed by atoms with E-state index in [9.17, 15) is 0 Å². The van der Waals surface area contributed by atoms with Crippen LogP contribution in [-0.4, -0.2) is 4.57 Å². The molecule has 1 N–H and O–H groups in total. The van der Waals surface area contributed by atoms with Crippen LogP contribution in [0.4, 0.5) is 0 Å². The van der Waals surface area contributed by atoms with Crippen molar-refractivity contribution in [3.8, 4) is 16.9 Å². The van der Waals surface area contributed by atoms with E-state index in [1.165, 1.54) is 11.3 Å². The minimum atomic E-state index is 0. The van der Waals surface area contributed by atoms with Crippen LogP contribution in [0.5, 0.6) is 0 Å². The van der Waals surface area contributed by atoms with E-state index in [1.54, 1.807) is 12.1 Å². The summed E-state index contributed by atoms with van der Waals surface area (Å²) in [6, 6.07) is 15.3. The lowest BCUT2D eigenvalue weighted by atomic mass is 10.1. The molecule has 21 heavy (non-hydrogen) atoms. The minimum Gasteiger partial charge on any atom is -1.00 e. The fraction of sp³-hybridized carbons (Fsp3) is 0. The molecular weight excluding hydrogens is 347 g/mol. The summed E-state index contributed by atoms with van der Waals surface area (Å²) in [5.74, 6) is 0. The standard InChI is InChI=1S/C15H10Cl2N2S.ClH/c16-11-6-7-13(12(17)8-11)19-14(9-20-15(19)18)10-4-2-1-3-5-10;/h1-9,18H;1H/p-1. The molecule has 0 saturated carbocycles. The highest BCUT2D eigenvalue weighted by Crippen LogP contribution is 2.28. The zero-order valence-corrected chi connectivity index (χ0v) is 13.8. The van der Waals surface area contributed by atoms with Crippen molar-refractivity contribution < 1.29 is 12.4 Å². The van der Waals surface area contributed by atoms with Crippen molar-refractivity contribution >= 4 is 34.5 Å². The Morgan fingerprint density at radius 1 is 1.00 bits per heavy atom. The van der Waals surface area contributed by atoms with Gasteiger partial charge in [-0.2, -0.15) is 0 Å². The number of nitrogens with one attached hydrogen (secondary N) is 1. The number of aromatic nitrogens is 1. The molecule has 0 fully saturated rings. The summed E-state index contributed by atoms with van der Waals surface area (Å²) in [6.45, 7) is 0. The average Bonchev–Trinajstić information content (AvgIpc) is 2.82. The summed E-state index contributed by atoms with van der Waals surface area (Å²) in [5.41, 5.74) is 2.76. The summed E-state index contributed by atoms with van der Waals surface area (Å²) in [4.78, 5) is 0.424. The second kappa shape index (κ2) is 6.67. The molecule has 0 unspecified atom stereocenters. The first-order valence-electron chi connectivity index (χ1n) is 5.93. The molecule has 3 aromatic rings. The van der Waals surface area contributed by atoms with E-state index in [4.69, 9.17) is 28.6 Å². The Balaban J connectivity index is 0.00000161. The third-order valence-electron chi connectivity index (χ3n) is 2.95. The van der Waals surface area contributed by atoms with Crippen LogP contribution in [0.2, 0.25) is 10.0 Å². The molecule has 1 heterocycles. The predicted octanol–water partition coefficient (Wildman–Crippen LogP) is 2.00. The Kier molecular flexibility index (Phi) is 5.12. The molecule has 0 bridgehead atoms. The maximum Gasteiger partial charge on any atom is 0.187 e. The van der Waals surface area contributed by atoms with Gasteiger partial charge in [0.2, 0.25) is 0 Å². The largest absolute Gasteiger partial charge is 1.00 e. The first kappa shape index (κ1) is 16.1. The highest BCUT2D eigenvalue weighted by molar-refractivity contribution is 7.07. The van der Waals surface area contributed by atoms with Crippen molar-refractivity contribution in [2.45, 2.75) is 0 Å². The molecule has 0 saturated heterocycles. The second-order valence-electron chi connectivity index (χ2n) is 4.22. The van der Waals surface area contributed by atoms with E-state index < -0.39 is 0 Å². The van der Waals surface area contributed by atoms with Crippen LogP contribution in [-0.2, 0) is 0 Å². The van der Waals surface area contributed by atoms with Crippen LogP contribution in [0.25, 0.3) is 16.9 Å². The van der Waals surface area contributed by atoms with Gasteiger partial charge in [0.05, 0.1) is 16.4 Å². The summed E-state index contributed by atoms with van der Waals surface area (Å²) in [5, 5.41) is 11.2. The number of nitrogens with zero attached hydrogens (tertiary/aromatic N) is 1. The molecule has 0 radical (unpaired) electrons. The summed E-state index contributed by atoms with van der Waals surface area (Å²) < 4.78 is 1.83. The zero-order valence-electron chi connectivity index (χ0n) is 10.7. The SMILES string of the molecule is N=c1scc(-c2ccccc2)n1-c1ccc(Cl)cc1Cl.[Cl-]. The van der Waals surface area contributed by atoms with Gasteiger partial charge in [0, 0.05) is 10.4 Å². The number of benzene rings is 2. The van der Waals surface area contributed by atoms with E-state index in [0.29, 0.717) is 14.8 Å². The lowest BCUT2D eigenvalue weighted by Gasteiger charge is -2.10. The van der Waals surface area contributed by atoms with Crippen molar-refractivity contribution in [3.05, 3.63) is 68.8 Å². The molecule has 0 aliphatic rings. The average molecular weight is 357 g/mol. The number of thiazole rings is 1. The number of rotatable bonds is 2. The summed E-state index contributed by atoms with van der Waals surface area (Å²) in [6.07, 6.45) is 0. The molecule has 2 nitrogen and oxygen atoms in total. The first-order valence-corrected chi connectivity index (χ1v) is 7.56. The summed E-state index contributed by atoms with van der Waals surface area (Å²) >= 11 is 13.6. The van der Waals surface area contributed by atoms with Gasteiger partial charge in [-0.1, -0.05) is 53.5 Å². The molecule has 2 aromatic carbocycles. The first-order chi connectivity index (χ1) is 9.66. The number of hydrogen-bond acceptors (Lipinski definition) is 2. The number of halogens is 3. The Bertz CT molecular complexity index is 809. The Labute approximate surface area is 142 Å². The van der Waals surface area contributed by atoms with E-state index in [-0.39, 0.29) is 12.4 Å². The van der Waals surface area contributed by atoms with E-state index in [1.807, 2.05) is 46.3 Å². The molecule has 6 heteroatoms. The number of hydrogen-bond donors (Lipinski definition) is 1. The van der Waals surface area contributed by atoms with Crippen molar-refractivity contribution in [2.75, 3.05) is 0 Å². The van der Waals surface area contributed by atoms with Gasteiger partial charge in [0.15, 0.2) is 4.80 Å². The predicted molar refractivity (Wildman–Crippen MR) is 85.0 cm³/mol. The van der Waals surface area contributed by atoms with Crippen molar-refractivity contribution in [1.29, 1.82) is 5.41 Å². The molecule has 0 aliphatic heterocycles. The van der Waals surface area contributed by atoms with Crippen LogP contribution < -0.4 is 17.2 Å². The maximum atomic E-state index is 8.12. The Hall–Kier alpha value is -1.26. The minimum absolute atomic E-state index is 0. The lowest BCUT2D eigenvalue weighted by molar-refractivity contribution is -0.00000392. The fourth-order valence-electron chi connectivity index (χ4n) is 2.03. The van der Waals surface area contributed by atoms with E-state index in [2.05, 4.69) is 0 Å². The van der Waals surface area contributed by atoms with Crippen LogP contribution in [0.3, 0.4) is 0 Å². The smallest absolute Gasteiger partial charge is 0.187 e. The molecule has 0 amide bonds. The maximum absolute atomic E-state index is 8.12. The van der Waals surface area contributed by atoms with Gasteiger partial charge < -0.3 is 12.4 Å². The Morgan fingerprint density at radius 3 is 2.38 bits per heavy atom. The molecular formula is C15H10Cl3N2S-. The van der Waals surface area contributed by atoms with Crippen molar-refractivity contribution in [3.63, 3.8) is 0 Å². The van der Waals surface area contributed by atoms with Gasteiger partial charge >= 0.3 is 0 Å². The third-order valence-corrected chi connectivity index (χ3v) is 4.23. The van der Waals surface area contributed by atoms with Crippen LogP contribution >= 0.6 is 34.5 Å². The molecule has 3 rings (SSSR count). The van der Waals surface area contributed by atoms with E-state index >= 15 is 0 Å². The topological polar surface area (TPSA) is 28.8 Å². The van der Waals surface area contributed by atoms with Gasteiger partial charge in [-0.05, 0) is 23.8 Å². The van der Waals surface area contributed by atoms with Gasteiger partial charge in [0.1, 0.15) is 0 Å². The second-order valence-corrected chi connectivity index (χ2v) is 5.93. The highest BCUT2D eigenvalue weighted by Gasteiger charge is 2.12. The zero-order chi connectivity index (χ0) is 14.1. The molecule has 0 spiro atoms. The molecule has 0 aliphatic carbocycles. The van der Waals surface area contributed by atoms with Crippen LogP contribution in [0.1, 0.15) is 0 Å². The van der Waals surface area contributed by atoms with Gasteiger partial charge in [-0.15, -0.1) is 11.3 Å². The van der Waals surface area contributed by atoms with Gasteiger partial charge in [0.25, 0.3) is 0 Å². The third kappa shape index (κ3) is 3.16. The van der Waals surface area contributed by atoms with Crippen LogP contribution in [0, 0.1) is 5.41 Å². The monoisotopic (exact) mass is 355 g/mol.